The van der Waals surface area contributed by atoms with Gasteiger partial charge in [0.05, 0.1) is 0 Å². The molecule has 1 atom stereocenters. The fraction of sp³-hybridized carbons (Fsp3) is 0.350. The van der Waals surface area contributed by atoms with Gasteiger partial charge in [-0.1, -0.05) is 55.0 Å². The van der Waals surface area contributed by atoms with Crippen molar-refractivity contribution in [3.05, 3.63) is 59.7 Å². The second-order valence-electron chi connectivity index (χ2n) is 6.57. The molecule has 0 bridgehead atoms. The van der Waals surface area contributed by atoms with Gasteiger partial charge < -0.3 is 5.11 Å². The number of benzene rings is 2. The van der Waals surface area contributed by atoms with E-state index < -0.39 is 5.97 Å². The summed E-state index contributed by atoms with van der Waals surface area (Å²) < 4.78 is 0. The van der Waals surface area contributed by atoms with Crippen LogP contribution in [0.3, 0.4) is 0 Å². The third-order valence-electron chi connectivity index (χ3n) is 5.28. The monoisotopic (exact) mass is 307 g/mol. The molecule has 0 radical (unpaired) electrons. The maximum absolute atomic E-state index is 11.6. The van der Waals surface area contributed by atoms with Crippen molar-refractivity contribution in [2.45, 2.75) is 31.2 Å². The molecule has 1 aliphatic carbocycles. The first-order valence-electron chi connectivity index (χ1n) is 8.41. The first-order chi connectivity index (χ1) is 11.3. The lowest BCUT2D eigenvalue weighted by Gasteiger charge is -2.35. The quantitative estimate of drug-likeness (QED) is 0.939. The Morgan fingerprint density at radius 3 is 2.22 bits per heavy atom. The van der Waals surface area contributed by atoms with Crippen molar-refractivity contribution in [3.63, 3.8) is 0 Å². The smallest absolute Gasteiger partial charge is 0.320 e. The van der Waals surface area contributed by atoms with Crippen molar-refractivity contribution in [1.29, 1.82) is 0 Å². The van der Waals surface area contributed by atoms with Gasteiger partial charge in [0.15, 0.2) is 0 Å². The van der Waals surface area contributed by atoms with E-state index in [1.807, 2.05) is 0 Å². The van der Waals surface area contributed by atoms with Gasteiger partial charge >= 0.3 is 5.97 Å². The lowest BCUT2D eigenvalue weighted by atomic mass is 9.93. The number of carbonyl (C=O) groups is 1. The van der Waals surface area contributed by atoms with Gasteiger partial charge in [-0.05, 0) is 41.6 Å². The summed E-state index contributed by atoms with van der Waals surface area (Å²) in [4.78, 5) is 13.8. The third-order valence-corrected chi connectivity index (χ3v) is 5.28. The van der Waals surface area contributed by atoms with Crippen molar-refractivity contribution >= 4 is 5.97 Å². The highest BCUT2D eigenvalue weighted by atomic mass is 16.4. The second-order valence-corrected chi connectivity index (χ2v) is 6.57. The largest absolute Gasteiger partial charge is 0.480 e. The summed E-state index contributed by atoms with van der Waals surface area (Å²) >= 11 is 0. The number of aliphatic carboxylic acids is 1. The van der Waals surface area contributed by atoms with E-state index in [-0.39, 0.29) is 12.0 Å². The minimum Gasteiger partial charge on any atom is -0.480 e. The van der Waals surface area contributed by atoms with E-state index in [4.69, 9.17) is 0 Å². The molecule has 1 aliphatic heterocycles. The fourth-order valence-corrected chi connectivity index (χ4v) is 4.18. The number of hydrogen-bond acceptors (Lipinski definition) is 2. The van der Waals surface area contributed by atoms with Gasteiger partial charge in [-0.25, -0.2) is 0 Å². The predicted molar refractivity (Wildman–Crippen MR) is 90.6 cm³/mol. The Morgan fingerprint density at radius 2 is 1.61 bits per heavy atom. The van der Waals surface area contributed by atoms with Crippen molar-refractivity contribution in [2.75, 3.05) is 13.1 Å². The molecule has 3 nitrogen and oxygen atoms in total. The van der Waals surface area contributed by atoms with Crippen LogP contribution in [0.1, 0.15) is 36.3 Å². The number of hydrogen-bond donors (Lipinski definition) is 1. The highest BCUT2D eigenvalue weighted by molar-refractivity contribution is 5.79. The Labute approximate surface area is 136 Å². The highest BCUT2D eigenvalue weighted by Gasteiger charge is 2.34. The number of fused-ring (bicyclic) bond motifs is 3. The SMILES string of the molecule is O=C(O)[C@@H]1CCCCN1CC1c2ccccc2-c2ccccc21. The Balaban J connectivity index is 1.70. The van der Waals surface area contributed by atoms with E-state index in [1.54, 1.807) is 0 Å². The number of nitrogens with zero attached hydrogens (tertiary/aromatic N) is 1. The maximum atomic E-state index is 11.6. The van der Waals surface area contributed by atoms with Crippen LogP contribution in [0, 0.1) is 0 Å². The summed E-state index contributed by atoms with van der Waals surface area (Å²) in [6.07, 6.45) is 2.89. The molecule has 3 heteroatoms. The Bertz CT molecular complexity index is 694. The summed E-state index contributed by atoms with van der Waals surface area (Å²) in [6, 6.07) is 16.8. The van der Waals surface area contributed by atoms with Crippen molar-refractivity contribution < 1.29 is 9.90 Å². The van der Waals surface area contributed by atoms with E-state index in [0.29, 0.717) is 0 Å². The van der Waals surface area contributed by atoms with Crippen LogP contribution < -0.4 is 0 Å². The maximum Gasteiger partial charge on any atom is 0.320 e. The topological polar surface area (TPSA) is 40.5 Å². The number of carboxylic acid groups (broad SMARTS) is 1. The molecule has 0 spiro atoms. The van der Waals surface area contributed by atoms with Gasteiger partial charge in [0, 0.05) is 12.5 Å². The van der Waals surface area contributed by atoms with Crippen LogP contribution >= 0.6 is 0 Å². The molecule has 0 unspecified atom stereocenters. The van der Waals surface area contributed by atoms with Crippen LogP contribution in [-0.4, -0.2) is 35.1 Å². The molecule has 23 heavy (non-hydrogen) atoms. The van der Waals surface area contributed by atoms with Gasteiger partial charge in [-0.3, -0.25) is 9.69 Å². The molecule has 0 amide bonds. The number of piperidine rings is 1. The van der Waals surface area contributed by atoms with Crippen molar-refractivity contribution in [1.82, 2.24) is 4.90 Å². The van der Waals surface area contributed by atoms with Crippen LogP contribution in [0.25, 0.3) is 11.1 Å². The Morgan fingerprint density at radius 1 is 1.00 bits per heavy atom. The van der Waals surface area contributed by atoms with Crippen molar-refractivity contribution in [2.24, 2.45) is 0 Å². The van der Waals surface area contributed by atoms with E-state index in [9.17, 15) is 9.90 Å². The first-order valence-corrected chi connectivity index (χ1v) is 8.41. The zero-order chi connectivity index (χ0) is 15.8. The normalized spacial score (nSPS) is 21.0. The molecule has 118 valence electrons. The number of rotatable bonds is 3. The van der Waals surface area contributed by atoms with Gasteiger partial charge in [0.2, 0.25) is 0 Å². The zero-order valence-corrected chi connectivity index (χ0v) is 13.1. The lowest BCUT2D eigenvalue weighted by molar-refractivity contribution is -0.144. The molecule has 1 N–H and O–H groups in total. The molecule has 2 aliphatic rings. The fourth-order valence-electron chi connectivity index (χ4n) is 4.18. The molecule has 0 saturated carbocycles. The summed E-state index contributed by atoms with van der Waals surface area (Å²) in [5.74, 6) is -0.397. The molecular weight excluding hydrogens is 286 g/mol. The molecule has 0 aromatic heterocycles. The highest BCUT2D eigenvalue weighted by Crippen LogP contribution is 2.45. The lowest BCUT2D eigenvalue weighted by Crippen LogP contribution is -2.46. The Kier molecular flexibility index (Phi) is 3.66. The zero-order valence-electron chi connectivity index (χ0n) is 13.1. The summed E-state index contributed by atoms with van der Waals surface area (Å²) in [5.41, 5.74) is 5.28. The van der Waals surface area contributed by atoms with E-state index in [0.717, 1.165) is 32.4 Å². The predicted octanol–water partition coefficient (Wildman–Crippen LogP) is 3.74. The number of likely N-dealkylation sites (tertiary alicyclic amines) is 1. The summed E-state index contributed by atoms with van der Waals surface area (Å²) in [5, 5.41) is 9.53. The molecule has 2 aromatic rings. The van der Waals surface area contributed by atoms with Gasteiger partial charge in [-0.2, -0.15) is 0 Å². The molecular formula is C20H21NO2. The van der Waals surface area contributed by atoms with Gasteiger partial charge in [0.1, 0.15) is 6.04 Å². The van der Waals surface area contributed by atoms with Crippen LogP contribution in [0.2, 0.25) is 0 Å². The van der Waals surface area contributed by atoms with Crippen molar-refractivity contribution in [3.8, 4) is 11.1 Å². The number of carboxylic acids is 1. The summed E-state index contributed by atoms with van der Waals surface area (Å²) in [6.45, 7) is 1.68. The Hall–Kier alpha value is -2.13. The van der Waals surface area contributed by atoms with Gasteiger partial charge in [0.25, 0.3) is 0 Å². The van der Waals surface area contributed by atoms with Crippen LogP contribution in [-0.2, 0) is 4.79 Å². The standard InChI is InChI=1S/C20H21NO2/c22-20(23)19-11-5-6-12-21(19)13-18-16-9-3-1-7-14(16)15-8-2-4-10-17(15)18/h1-4,7-10,18-19H,5-6,11-13H2,(H,22,23)/t19-/m0/s1. The van der Waals surface area contributed by atoms with E-state index >= 15 is 0 Å². The minimum absolute atomic E-state index is 0.280. The molecule has 4 rings (SSSR count). The third kappa shape index (κ3) is 2.45. The molecule has 1 heterocycles. The second kappa shape index (κ2) is 5.82. The summed E-state index contributed by atoms with van der Waals surface area (Å²) in [7, 11) is 0. The molecule has 1 fully saturated rings. The minimum atomic E-state index is -0.677. The van der Waals surface area contributed by atoms with E-state index in [1.165, 1.54) is 22.3 Å². The van der Waals surface area contributed by atoms with E-state index in [2.05, 4.69) is 53.4 Å². The average Bonchev–Trinajstić information content (AvgIpc) is 2.90. The molecule has 1 saturated heterocycles. The first kappa shape index (κ1) is 14.5. The molecule has 2 aromatic carbocycles. The average molecular weight is 307 g/mol. The van der Waals surface area contributed by atoms with Gasteiger partial charge in [-0.15, -0.1) is 0 Å². The van der Waals surface area contributed by atoms with Crippen LogP contribution in [0.4, 0.5) is 0 Å². The van der Waals surface area contributed by atoms with Crippen LogP contribution in [0.5, 0.6) is 0 Å². The van der Waals surface area contributed by atoms with Crippen LogP contribution in [0.15, 0.2) is 48.5 Å².